The van der Waals surface area contributed by atoms with E-state index >= 15 is 0 Å². The van der Waals surface area contributed by atoms with Gasteiger partial charge in [0.05, 0.1) is 20.1 Å². The molecule has 5 heteroatoms. The van der Waals surface area contributed by atoms with Crippen LogP contribution in [0.4, 0.5) is 4.39 Å². The van der Waals surface area contributed by atoms with E-state index in [1.165, 1.54) is 13.2 Å². The van der Waals surface area contributed by atoms with E-state index in [9.17, 15) is 9.18 Å². The van der Waals surface area contributed by atoms with E-state index in [1.807, 2.05) is 6.92 Å². The van der Waals surface area contributed by atoms with Gasteiger partial charge in [0.2, 0.25) is 0 Å². The lowest BCUT2D eigenvalue weighted by molar-refractivity contribution is -0.141. The Kier molecular flexibility index (Phi) is 5.58. The van der Waals surface area contributed by atoms with Gasteiger partial charge < -0.3 is 14.8 Å². The summed E-state index contributed by atoms with van der Waals surface area (Å²) in [6.07, 6.45) is 0.146. The molecule has 0 saturated heterocycles. The Hall–Kier alpha value is -1.62. The summed E-state index contributed by atoms with van der Waals surface area (Å²) in [5.74, 6) is -0.272. The first kappa shape index (κ1) is 14.4. The second kappa shape index (κ2) is 6.96. The summed E-state index contributed by atoms with van der Waals surface area (Å²) in [5.41, 5.74) is 0.581. The normalized spacial score (nSPS) is 12.0. The largest absolute Gasteiger partial charge is 0.493 e. The molecule has 0 bridgehead atoms. The van der Waals surface area contributed by atoms with Gasteiger partial charge in [0.1, 0.15) is 11.6 Å². The van der Waals surface area contributed by atoms with Gasteiger partial charge in [-0.2, -0.15) is 0 Å². The molecule has 1 atom stereocenters. The van der Waals surface area contributed by atoms with Crippen molar-refractivity contribution in [1.82, 2.24) is 5.32 Å². The molecule has 4 nitrogen and oxygen atoms in total. The van der Waals surface area contributed by atoms with Gasteiger partial charge in [-0.25, -0.2) is 4.39 Å². The SMILES string of the molecule is CNC(C)c1ccc(OCCC(=O)OC)cc1F. The molecule has 1 aromatic rings. The second-order valence-electron chi connectivity index (χ2n) is 3.87. The summed E-state index contributed by atoms with van der Waals surface area (Å²) >= 11 is 0. The monoisotopic (exact) mass is 255 g/mol. The number of benzene rings is 1. The first-order valence-corrected chi connectivity index (χ1v) is 5.74. The molecular formula is C13H18FNO3. The van der Waals surface area contributed by atoms with E-state index in [0.717, 1.165) is 0 Å². The van der Waals surface area contributed by atoms with E-state index in [0.29, 0.717) is 11.3 Å². The molecule has 18 heavy (non-hydrogen) atoms. The predicted molar refractivity (Wildman–Crippen MR) is 66.0 cm³/mol. The Morgan fingerprint density at radius 3 is 2.78 bits per heavy atom. The minimum Gasteiger partial charge on any atom is -0.493 e. The molecule has 0 radical (unpaired) electrons. The Morgan fingerprint density at radius 1 is 1.50 bits per heavy atom. The lowest BCUT2D eigenvalue weighted by Crippen LogP contribution is -2.14. The molecule has 0 aliphatic rings. The van der Waals surface area contributed by atoms with Crippen molar-refractivity contribution >= 4 is 5.97 Å². The van der Waals surface area contributed by atoms with Crippen LogP contribution >= 0.6 is 0 Å². The third-order valence-electron chi connectivity index (χ3n) is 2.67. The zero-order valence-electron chi connectivity index (χ0n) is 10.8. The molecule has 1 rings (SSSR count). The van der Waals surface area contributed by atoms with E-state index < -0.39 is 0 Å². The molecule has 0 saturated carbocycles. The maximum Gasteiger partial charge on any atom is 0.308 e. The number of methoxy groups -OCH3 is 1. The highest BCUT2D eigenvalue weighted by Crippen LogP contribution is 2.21. The number of esters is 1. The number of ether oxygens (including phenoxy) is 2. The zero-order chi connectivity index (χ0) is 13.5. The van der Waals surface area contributed by atoms with Gasteiger partial charge >= 0.3 is 5.97 Å². The fourth-order valence-electron chi connectivity index (χ4n) is 1.46. The lowest BCUT2D eigenvalue weighted by atomic mass is 10.1. The average molecular weight is 255 g/mol. The standard InChI is InChI=1S/C13H18FNO3/c1-9(15-2)11-5-4-10(8-12(11)14)18-7-6-13(16)17-3/h4-5,8-9,15H,6-7H2,1-3H3. The number of halogens is 1. The van der Waals surface area contributed by atoms with Crippen molar-refractivity contribution in [3.63, 3.8) is 0 Å². The van der Waals surface area contributed by atoms with Gasteiger partial charge in [-0.05, 0) is 20.0 Å². The third kappa shape index (κ3) is 4.00. The quantitative estimate of drug-likeness (QED) is 0.790. The smallest absolute Gasteiger partial charge is 0.308 e. The maximum absolute atomic E-state index is 13.7. The lowest BCUT2D eigenvalue weighted by Gasteiger charge is -2.13. The summed E-state index contributed by atoms with van der Waals surface area (Å²) in [7, 11) is 3.08. The van der Waals surface area contributed by atoms with Gasteiger partial charge in [0, 0.05) is 17.7 Å². The van der Waals surface area contributed by atoms with E-state index in [2.05, 4.69) is 10.1 Å². The molecule has 1 N–H and O–H groups in total. The van der Waals surface area contributed by atoms with Crippen LogP contribution in [0.25, 0.3) is 0 Å². The number of nitrogens with one attached hydrogen (secondary N) is 1. The molecule has 0 fully saturated rings. The number of rotatable bonds is 6. The number of carbonyl (C=O) groups is 1. The highest BCUT2D eigenvalue weighted by molar-refractivity contribution is 5.69. The molecule has 0 aliphatic heterocycles. The molecule has 0 aromatic heterocycles. The van der Waals surface area contributed by atoms with Gasteiger partial charge in [0.15, 0.2) is 0 Å². The number of hydrogen-bond acceptors (Lipinski definition) is 4. The molecule has 100 valence electrons. The number of carbonyl (C=O) groups excluding carboxylic acids is 1. The van der Waals surface area contributed by atoms with Crippen molar-refractivity contribution in [2.45, 2.75) is 19.4 Å². The van der Waals surface area contributed by atoms with Crippen LogP contribution in [0.15, 0.2) is 18.2 Å². The minimum atomic E-state index is -0.351. The van der Waals surface area contributed by atoms with E-state index in [1.54, 1.807) is 19.2 Å². The van der Waals surface area contributed by atoms with Crippen LogP contribution in [0, 0.1) is 5.82 Å². The Balaban J connectivity index is 2.59. The van der Waals surface area contributed by atoms with E-state index in [-0.39, 0.29) is 30.9 Å². The van der Waals surface area contributed by atoms with Crippen molar-refractivity contribution in [2.75, 3.05) is 20.8 Å². The van der Waals surface area contributed by atoms with Crippen LogP contribution in [-0.4, -0.2) is 26.7 Å². The van der Waals surface area contributed by atoms with Crippen molar-refractivity contribution in [3.8, 4) is 5.75 Å². The summed E-state index contributed by atoms with van der Waals surface area (Å²) in [6.45, 7) is 2.04. The van der Waals surface area contributed by atoms with Crippen LogP contribution < -0.4 is 10.1 Å². The van der Waals surface area contributed by atoms with Crippen LogP contribution in [0.1, 0.15) is 24.9 Å². The number of hydrogen-bond donors (Lipinski definition) is 1. The first-order chi connectivity index (χ1) is 8.58. The van der Waals surface area contributed by atoms with Gasteiger partial charge in [-0.1, -0.05) is 6.07 Å². The van der Waals surface area contributed by atoms with Gasteiger partial charge in [0.25, 0.3) is 0 Å². The third-order valence-corrected chi connectivity index (χ3v) is 2.67. The first-order valence-electron chi connectivity index (χ1n) is 5.74. The van der Waals surface area contributed by atoms with Crippen molar-refractivity contribution in [3.05, 3.63) is 29.6 Å². The van der Waals surface area contributed by atoms with Crippen LogP contribution in [-0.2, 0) is 9.53 Å². The fraction of sp³-hybridized carbons (Fsp3) is 0.462. The zero-order valence-corrected chi connectivity index (χ0v) is 10.8. The minimum absolute atomic E-state index is 0.0610. The van der Waals surface area contributed by atoms with Crippen LogP contribution in [0.2, 0.25) is 0 Å². The Morgan fingerprint density at radius 2 is 2.22 bits per heavy atom. The van der Waals surface area contributed by atoms with Crippen molar-refractivity contribution in [2.24, 2.45) is 0 Å². The topological polar surface area (TPSA) is 47.6 Å². The summed E-state index contributed by atoms with van der Waals surface area (Å²) < 4.78 is 23.5. The predicted octanol–water partition coefficient (Wildman–Crippen LogP) is 2.05. The van der Waals surface area contributed by atoms with Gasteiger partial charge in [-0.15, -0.1) is 0 Å². The molecule has 0 heterocycles. The second-order valence-corrected chi connectivity index (χ2v) is 3.87. The molecule has 0 spiro atoms. The molecular weight excluding hydrogens is 237 g/mol. The summed E-state index contributed by atoms with van der Waals surface area (Å²) in [4.78, 5) is 10.9. The van der Waals surface area contributed by atoms with Crippen molar-refractivity contribution < 1.29 is 18.7 Å². The van der Waals surface area contributed by atoms with Crippen LogP contribution in [0.5, 0.6) is 5.75 Å². The maximum atomic E-state index is 13.7. The molecule has 0 aliphatic carbocycles. The van der Waals surface area contributed by atoms with Crippen LogP contribution in [0.3, 0.4) is 0 Å². The van der Waals surface area contributed by atoms with Crippen molar-refractivity contribution in [1.29, 1.82) is 0 Å². The van der Waals surface area contributed by atoms with E-state index in [4.69, 9.17) is 4.74 Å². The molecule has 0 amide bonds. The highest BCUT2D eigenvalue weighted by atomic mass is 19.1. The molecule has 1 unspecified atom stereocenters. The summed E-state index contributed by atoms with van der Waals surface area (Å²) in [5, 5.41) is 2.97. The van der Waals surface area contributed by atoms with Gasteiger partial charge in [-0.3, -0.25) is 4.79 Å². The Labute approximate surface area is 106 Å². The highest BCUT2D eigenvalue weighted by Gasteiger charge is 2.10. The molecule has 1 aromatic carbocycles. The average Bonchev–Trinajstić information content (AvgIpc) is 2.37. The fourth-order valence-corrected chi connectivity index (χ4v) is 1.46. The summed E-state index contributed by atoms with van der Waals surface area (Å²) in [6, 6.07) is 4.61. The Bertz CT molecular complexity index is 409.